The van der Waals surface area contributed by atoms with E-state index in [0.717, 1.165) is 12.0 Å². The number of hydrogen-bond acceptors (Lipinski definition) is 3. The lowest BCUT2D eigenvalue weighted by atomic mass is 9.98. The van der Waals surface area contributed by atoms with Crippen molar-refractivity contribution in [3.8, 4) is 16.9 Å². The minimum atomic E-state index is -0.255. The van der Waals surface area contributed by atoms with Gasteiger partial charge >= 0.3 is 6.09 Å². The van der Waals surface area contributed by atoms with Crippen LogP contribution in [0.5, 0.6) is 5.75 Å². The normalized spacial score (nSPS) is 17.8. The van der Waals surface area contributed by atoms with Gasteiger partial charge in [-0.25, -0.2) is 4.79 Å². The SMILES string of the molecule is O=C(OCC1c2ccccc2-c2ccccc21)N1CCC(c2cccc(O)c2)C1. The van der Waals surface area contributed by atoms with E-state index in [1.807, 2.05) is 24.3 Å². The van der Waals surface area contributed by atoms with Gasteiger partial charge in [-0.15, -0.1) is 0 Å². The van der Waals surface area contributed by atoms with Crippen LogP contribution in [0, 0.1) is 0 Å². The van der Waals surface area contributed by atoms with E-state index in [2.05, 4.69) is 36.4 Å². The molecule has 1 aliphatic heterocycles. The van der Waals surface area contributed by atoms with Gasteiger partial charge in [0.05, 0.1) is 0 Å². The van der Waals surface area contributed by atoms with Crippen molar-refractivity contribution in [3.05, 3.63) is 89.5 Å². The number of phenolic OH excluding ortho intramolecular Hbond substituents is 1. The van der Waals surface area contributed by atoms with Gasteiger partial charge in [0.25, 0.3) is 0 Å². The number of phenols is 1. The van der Waals surface area contributed by atoms with Crippen LogP contribution in [-0.4, -0.2) is 35.8 Å². The topological polar surface area (TPSA) is 49.8 Å². The molecule has 1 heterocycles. The summed E-state index contributed by atoms with van der Waals surface area (Å²) in [5, 5.41) is 9.71. The Bertz CT molecular complexity index is 1020. The molecular weight excluding hydrogens is 362 g/mol. The number of carbonyl (C=O) groups excluding carboxylic acids is 1. The van der Waals surface area contributed by atoms with E-state index < -0.39 is 0 Å². The Morgan fingerprint density at radius 2 is 1.66 bits per heavy atom. The van der Waals surface area contributed by atoms with Gasteiger partial charge in [-0.05, 0) is 46.4 Å². The molecule has 0 saturated carbocycles. The van der Waals surface area contributed by atoms with Gasteiger partial charge in [0.2, 0.25) is 0 Å². The largest absolute Gasteiger partial charge is 0.508 e. The highest BCUT2D eigenvalue weighted by atomic mass is 16.6. The number of benzene rings is 3. The van der Waals surface area contributed by atoms with Crippen molar-refractivity contribution in [2.75, 3.05) is 19.7 Å². The number of aromatic hydroxyl groups is 1. The van der Waals surface area contributed by atoms with E-state index in [-0.39, 0.29) is 23.7 Å². The zero-order valence-corrected chi connectivity index (χ0v) is 16.1. The summed E-state index contributed by atoms with van der Waals surface area (Å²) in [6.45, 7) is 1.65. The highest BCUT2D eigenvalue weighted by Crippen LogP contribution is 2.44. The average molecular weight is 385 g/mol. The van der Waals surface area contributed by atoms with Crippen molar-refractivity contribution >= 4 is 6.09 Å². The molecule has 0 spiro atoms. The fourth-order valence-corrected chi connectivity index (χ4v) is 4.66. The molecule has 3 aromatic carbocycles. The van der Waals surface area contributed by atoms with Crippen molar-refractivity contribution in [2.24, 2.45) is 0 Å². The molecule has 146 valence electrons. The first-order valence-electron chi connectivity index (χ1n) is 10.1. The van der Waals surface area contributed by atoms with Crippen LogP contribution in [0.25, 0.3) is 11.1 Å². The quantitative estimate of drug-likeness (QED) is 0.680. The van der Waals surface area contributed by atoms with E-state index in [0.29, 0.717) is 19.7 Å². The molecule has 0 aromatic heterocycles. The number of hydrogen-bond donors (Lipinski definition) is 1. The monoisotopic (exact) mass is 385 g/mol. The average Bonchev–Trinajstić information content (AvgIpc) is 3.36. The lowest BCUT2D eigenvalue weighted by Crippen LogP contribution is -2.30. The van der Waals surface area contributed by atoms with Crippen LogP contribution in [0.1, 0.15) is 34.9 Å². The lowest BCUT2D eigenvalue weighted by Gasteiger charge is -2.19. The smallest absolute Gasteiger partial charge is 0.409 e. The lowest BCUT2D eigenvalue weighted by molar-refractivity contribution is 0.107. The third kappa shape index (κ3) is 3.25. The predicted octanol–water partition coefficient (Wildman–Crippen LogP) is 5.13. The molecule has 1 atom stereocenters. The molecule has 0 radical (unpaired) electrons. The first-order chi connectivity index (χ1) is 14.2. The van der Waals surface area contributed by atoms with Gasteiger partial charge in [0.1, 0.15) is 12.4 Å². The third-order valence-electron chi connectivity index (χ3n) is 6.12. The van der Waals surface area contributed by atoms with Gasteiger partial charge in [-0.1, -0.05) is 60.7 Å². The zero-order chi connectivity index (χ0) is 19.8. The van der Waals surface area contributed by atoms with Crippen molar-refractivity contribution < 1.29 is 14.6 Å². The van der Waals surface area contributed by atoms with Crippen LogP contribution < -0.4 is 0 Å². The van der Waals surface area contributed by atoms with Gasteiger partial charge in [0, 0.05) is 24.9 Å². The van der Waals surface area contributed by atoms with Crippen LogP contribution in [0.2, 0.25) is 0 Å². The minimum absolute atomic E-state index is 0.0795. The van der Waals surface area contributed by atoms with Gasteiger partial charge < -0.3 is 14.7 Å². The number of likely N-dealkylation sites (tertiary alicyclic amines) is 1. The summed E-state index contributed by atoms with van der Waals surface area (Å²) in [6.07, 6.45) is 0.628. The van der Waals surface area contributed by atoms with Crippen LogP contribution in [0.3, 0.4) is 0 Å². The Kier molecular flexibility index (Phi) is 4.47. The van der Waals surface area contributed by atoms with Crippen LogP contribution in [-0.2, 0) is 4.74 Å². The zero-order valence-electron chi connectivity index (χ0n) is 16.1. The Balaban J connectivity index is 1.27. The van der Waals surface area contributed by atoms with Gasteiger partial charge in [0.15, 0.2) is 0 Å². The second-order valence-corrected chi connectivity index (χ2v) is 7.83. The molecule has 1 aliphatic carbocycles. The third-order valence-corrected chi connectivity index (χ3v) is 6.12. The number of rotatable bonds is 3. The molecule has 1 saturated heterocycles. The van der Waals surface area contributed by atoms with Crippen LogP contribution >= 0.6 is 0 Å². The summed E-state index contributed by atoms with van der Waals surface area (Å²) in [5.74, 6) is 0.584. The maximum Gasteiger partial charge on any atom is 0.409 e. The van der Waals surface area contributed by atoms with E-state index in [9.17, 15) is 9.90 Å². The Morgan fingerprint density at radius 1 is 0.966 bits per heavy atom. The predicted molar refractivity (Wildman–Crippen MR) is 112 cm³/mol. The molecule has 3 aromatic rings. The molecule has 1 amide bonds. The standard InChI is InChI=1S/C25H23NO3/c27-19-7-5-6-17(14-19)18-12-13-26(15-18)25(28)29-16-24-22-10-3-1-8-20(22)21-9-2-4-11-23(21)24/h1-11,14,18,24,27H,12-13,15-16H2. The minimum Gasteiger partial charge on any atom is -0.508 e. The first kappa shape index (κ1) is 17.8. The molecule has 1 unspecified atom stereocenters. The molecule has 1 N–H and O–H groups in total. The van der Waals surface area contributed by atoms with E-state index in [1.165, 1.54) is 22.3 Å². The number of carbonyl (C=O) groups is 1. The fraction of sp³-hybridized carbons (Fsp3) is 0.240. The number of amides is 1. The highest BCUT2D eigenvalue weighted by molar-refractivity contribution is 5.79. The summed E-state index contributed by atoms with van der Waals surface area (Å²) in [7, 11) is 0. The summed E-state index contributed by atoms with van der Waals surface area (Å²) >= 11 is 0. The summed E-state index contributed by atoms with van der Waals surface area (Å²) < 4.78 is 5.77. The molecule has 4 heteroatoms. The Hall–Kier alpha value is -3.27. The Morgan fingerprint density at radius 3 is 2.34 bits per heavy atom. The van der Waals surface area contributed by atoms with Crippen molar-refractivity contribution in [1.82, 2.24) is 4.90 Å². The number of nitrogens with zero attached hydrogens (tertiary/aromatic N) is 1. The van der Waals surface area contributed by atoms with Crippen LogP contribution in [0.15, 0.2) is 72.8 Å². The molecule has 4 nitrogen and oxygen atoms in total. The molecule has 29 heavy (non-hydrogen) atoms. The van der Waals surface area contributed by atoms with Gasteiger partial charge in [-0.3, -0.25) is 0 Å². The van der Waals surface area contributed by atoms with E-state index >= 15 is 0 Å². The maximum atomic E-state index is 12.7. The Labute approximate surface area is 170 Å². The fourth-order valence-electron chi connectivity index (χ4n) is 4.66. The summed E-state index contributed by atoms with van der Waals surface area (Å²) in [6, 6.07) is 24.0. The molecular formula is C25H23NO3. The second kappa shape index (κ2) is 7.28. The summed E-state index contributed by atoms with van der Waals surface area (Å²) in [4.78, 5) is 14.5. The highest BCUT2D eigenvalue weighted by Gasteiger charge is 2.32. The molecule has 0 bridgehead atoms. The number of ether oxygens (including phenoxy) is 1. The first-order valence-corrected chi connectivity index (χ1v) is 10.1. The van der Waals surface area contributed by atoms with E-state index in [1.54, 1.807) is 17.0 Å². The van der Waals surface area contributed by atoms with Crippen molar-refractivity contribution in [1.29, 1.82) is 0 Å². The molecule has 2 aliphatic rings. The van der Waals surface area contributed by atoms with Gasteiger partial charge in [-0.2, -0.15) is 0 Å². The van der Waals surface area contributed by atoms with E-state index in [4.69, 9.17) is 4.74 Å². The van der Waals surface area contributed by atoms with Crippen molar-refractivity contribution in [3.63, 3.8) is 0 Å². The molecule has 5 rings (SSSR count). The number of fused-ring (bicyclic) bond motifs is 3. The second-order valence-electron chi connectivity index (χ2n) is 7.83. The maximum absolute atomic E-state index is 12.7. The molecule has 1 fully saturated rings. The summed E-state index contributed by atoms with van der Waals surface area (Å²) in [5.41, 5.74) is 5.98. The van der Waals surface area contributed by atoms with Crippen molar-refractivity contribution in [2.45, 2.75) is 18.3 Å². The van der Waals surface area contributed by atoms with Crippen LogP contribution in [0.4, 0.5) is 4.79 Å².